The Bertz CT molecular complexity index is 1420. The Balaban J connectivity index is 1.39. The molecule has 0 bridgehead atoms. The van der Waals surface area contributed by atoms with E-state index in [1.54, 1.807) is 11.8 Å². The highest BCUT2D eigenvalue weighted by Gasteiger charge is 2.16. The smallest absolute Gasteiger partial charge is 0.196 e. The Morgan fingerprint density at radius 1 is 0.771 bits per heavy atom. The first-order valence-corrected chi connectivity index (χ1v) is 12.8. The first-order chi connectivity index (χ1) is 17.2. The minimum Gasteiger partial charge on any atom is -0.489 e. The van der Waals surface area contributed by atoms with Crippen molar-refractivity contribution < 1.29 is 4.74 Å². The van der Waals surface area contributed by atoms with Crippen LogP contribution < -0.4 is 4.74 Å². The molecular formula is C28H21Cl2N3OS. The van der Waals surface area contributed by atoms with E-state index in [-0.39, 0.29) is 0 Å². The van der Waals surface area contributed by atoms with Crippen molar-refractivity contribution in [3.63, 3.8) is 0 Å². The topological polar surface area (TPSA) is 39.9 Å². The van der Waals surface area contributed by atoms with Gasteiger partial charge in [-0.25, -0.2) is 0 Å². The van der Waals surface area contributed by atoms with Gasteiger partial charge in [0, 0.05) is 32.6 Å². The molecule has 1 aromatic heterocycles. The number of nitrogens with zero attached hydrogens (tertiary/aromatic N) is 3. The summed E-state index contributed by atoms with van der Waals surface area (Å²) >= 11 is 14.0. The molecule has 4 nitrogen and oxygen atoms in total. The van der Waals surface area contributed by atoms with E-state index in [1.165, 1.54) is 0 Å². The molecule has 0 aliphatic heterocycles. The first kappa shape index (κ1) is 23.5. The second-order valence-corrected chi connectivity index (χ2v) is 9.59. The van der Waals surface area contributed by atoms with Crippen molar-refractivity contribution in [1.82, 2.24) is 14.8 Å². The molecule has 0 N–H and O–H groups in total. The van der Waals surface area contributed by atoms with Crippen molar-refractivity contribution in [3.05, 3.63) is 124 Å². The van der Waals surface area contributed by atoms with Crippen LogP contribution in [0, 0.1) is 0 Å². The Kier molecular flexibility index (Phi) is 7.38. The molecule has 1 heterocycles. The quantitative estimate of drug-likeness (QED) is 0.195. The van der Waals surface area contributed by atoms with Gasteiger partial charge in [0.2, 0.25) is 0 Å². The zero-order chi connectivity index (χ0) is 24.0. The summed E-state index contributed by atoms with van der Waals surface area (Å²) in [5.74, 6) is 2.26. The number of aromatic nitrogens is 3. The second kappa shape index (κ2) is 11.0. The number of rotatable bonds is 8. The number of hydrogen-bond donors (Lipinski definition) is 0. The van der Waals surface area contributed by atoms with Crippen molar-refractivity contribution >= 4 is 35.0 Å². The van der Waals surface area contributed by atoms with Gasteiger partial charge in [-0.15, -0.1) is 10.2 Å². The molecule has 0 fully saturated rings. The van der Waals surface area contributed by atoms with Crippen molar-refractivity contribution in [2.75, 3.05) is 0 Å². The van der Waals surface area contributed by atoms with Gasteiger partial charge in [-0.2, -0.15) is 0 Å². The molecule has 4 aromatic carbocycles. The van der Waals surface area contributed by atoms with Crippen LogP contribution in [0.4, 0.5) is 0 Å². The summed E-state index contributed by atoms with van der Waals surface area (Å²) in [6.45, 7) is 0.406. The summed E-state index contributed by atoms with van der Waals surface area (Å²) in [6.07, 6.45) is 0. The van der Waals surface area contributed by atoms with E-state index < -0.39 is 0 Å². The number of thioether (sulfide) groups is 1. The van der Waals surface area contributed by atoms with E-state index in [0.717, 1.165) is 49.9 Å². The predicted octanol–water partition coefficient (Wildman–Crippen LogP) is 8.11. The van der Waals surface area contributed by atoms with E-state index in [0.29, 0.717) is 11.6 Å². The third kappa shape index (κ3) is 5.70. The van der Waals surface area contributed by atoms with Gasteiger partial charge in [0.05, 0.1) is 0 Å². The number of para-hydroxylation sites is 1. The molecule has 5 rings (SSSR count). The molecule has 0 spiro atoms. The van der Waals surface area contributed by atoms with Gasteiger partial charge in [-0.1, -0.05) is 83.5 Å². The number of hydrogen-bond acceptors (Lipinski definition) is 4. The van der Waals surface area contributed by atoms with Crippen LogP contribution in [0.3, 0.4) is 0 Å². The van der Waals surface area contributed by atoms with Crippen LogP contribution >= 0.6 is 35.0 Å². The fourth-order valence-corrected chi connectivity index (χ4v) is 4.91. The van der Waals surface area contributed by atoms with Crippen LogP contribution in [0.15, 0.2) is 108 Å². The van der Waals surface area contributed by atoms with Crippen LogP contribution in [-0.2, 0) is 12.4 Å². The van der Waals surface area contributed by atoms with E-state index in [2.05, 4.69) is 33.0 Å². The standard InChI is InChI=1S/C28H21Cl2N3OS/c29-23-9-6-7-20(17-23)19-35-28-32-31-27(33(28)24-10-2-1-3-11-24)21-13-15-25(16-14-21)34-18-22-8-4-5-12-26(22)30/h1-17H,18-19H2. The Hall–Kier alpha value is -3.25. The number of benzene rings is 4. The molecule has 174 valence electrons. The molecule has 35 heavy (non-hydrogen) atoms. The van der Waals surface area contributed by atoms with Crippen LogP contribution in [0.25, 0.3) is 17.1 Å². The molecule has 0 amide bonds. The van der Waals surface area contributed by atoms with Gasteiger partial charge in [-0.05, 0) is 60.2 Å². The minimum absolute atomic E-state index is 0.406. The van der Waals surface area contributed by atoms with Crippen LogP contribution in [0.1, 0.15) is 11.1 Å². The predicted molar refractivity (Wildman–Crippen MR) is 144 cm³/mol. The van der Waals surface area contributed by atoms with E-state index in [9.17, 15) is 0 Å². The zero-order valence-corrected chi connectivity index (χ0v) is 21.0. The molecule has 0 saturated heterocycles. The van der Waals surface area contributed by atoms with Crippen molar-refractivity contribution in [3.8, 4) is 22.8 Å². The average Bonchev–Trinajstić information content (AvgIpc) is 3.32. The Labute approximate surface area is 218 Å². The number of ether oxygens (including phenoxy) is 1. The van der Waals surface area contributed by atoms with E-state index >= 15 is 0 Å². The monoisotopic (exact) mass is 517 g/mol. The lowest BCUT2D eigenvalue weighted by molar-refractivity contribution is 0.306. The summed E-state index contributed by atoms with van der Waals surface area (Å²) in [5, 5.41) is 11.3. The summed E-state index contributed by atoms with van der Waals surface area (Å²) in [4.78, 5) is 0. The summed E-state index contributed by atoms with van der Waals surface area (Å²) < 4.78 is 8.02. The lowest BCUT2D eigenvalue weighted by Crippen LogP contribution is -2.00. The van der Waals surface area contributed by atoms with Crippen molar-refractivity contribution in [2.45, 2.75) is 17.5 Å². The zero-order valence-electron chi connectivity index (χ0n) is 18.6. The van der Waals surface area contributed by atoms with Gasteiger partial charge in [-0.3, -0.25) is 4.57 Å². The third-order valence-corrected chi connectivity index (χ3v) is 6.97. The van der Waals surface area contributed by atoms with Gasteiger partial charge in [0.25, 0.3) is 0 Å². The molecule has 0 saturated carbocycles. The van der Waals surface area contributed by atoms with Crippen LogP contribution in [0.5, 0.6) is 5.75 Å². The Morgan fingerprint density at radius 3 is 2.31 bits per heavy atom. The fourth-order valence-electron chi connectivity index (χ4n) is 3.61. The minimum atomic E-state index is 0.406. The largest absolute Gasteiger partial charge is 0.489 e. The third-order valence-electron chi connectivity index (χ3n) is 5.37. The van der Waals surface area contributed by atoms with Gasteiger partial charge >= 0.3 is 0 Å². The normalized spacial score (nSPS) is 10.9. The van der Waals surface area contributed by atoms with Crippen molar-refractivity contribution in [2.24, 2.45) is 0 Å². The highest BCUT2D eigenvalue weighted by molar-refractivity contribution is 7.98. The molecule has 5 aromatic rings. The molecular weight excluding hydrogens is 497 g/mol. The summed E-state index contributed by atoms with van der Waals surface area (Å²) in [6, 6.07) is 33.5. The fraction of sp³-hybridized carbons (Fsp3) is 0.0714. The number of halogens is 2. The highest BCUT2D eigenvalue weighted by Crippen LogP contribution is 2.31. The van der Waals surface area contributed by atoms with E-state index in [4.69, 9.17) is 27.9 Å². The van der Waals surface area contributed by atoms with Crippen LogP contribution in [-0.4, -0.2) is 14.8 Å². The van der Waals surface area contributed by atoms with Crippen LogP contribution in [0.2, 0.25) is 10.0 Å². The lowest BCUT2D eigenvalue weighted by atomic mass is 10.2. The molecule has 0 unspecified atom stereocenters. The molecule has 0 aliphatic rings. The molecule has 7 heteroatoms. The van der Waals surface area contributed by atoms with E-state index in [1.807, 2.05) is 84.9 Å². The SMILES string of the molecule is Clc1cccc(CSc2nnc(-c3ccc(OCc4ccccc4Cl)cc3)n2-c2ccccc2)c1. The second-order valence-electron chi connectivity index (χ2n) is 7.80. The van der Waals surface area contributed by atoms with Crippen molar-refractivity contribution in [1.29, 1.82) is 0 Å². The lowest BCUT2D eigenvalue weighted by Gasteiger charge is -2.11. The molecule has 0 radical (unpaired) electrons. The maximum atomic E-state index is 6.24. The van der Waals surface area contributed by atoms with Gasteiger partial charge < -0.3 is 4.74 Å². The molecule has 0 aliphatic carbocycles. The van der Waals surface area contributed by atoms with Gasteiger partial charge in [0.15, 0.2) is 11.0 Å². The summed E-state index contributed by atoms with van der Waals surface area (Å²) in [5.41, 5.74) is 4.02. The van der Waals surface area contributed by atoms with Gasteiger partial charge in [0.1, 0.15) is 12.4 Å². The maximum Gasteiger partial charge on any atom is 0.196 e. The highest BCUT2D eigenvalue weighted by atomic mass is 35.5. The maximum absolute atomic E-state index is 6.24. The average molecular weight is 518 g/mol. The summed E-state index contributed by atoms with van der Waals surface area (Å²) in [7, 11) is 0. The Morgan fingerprint density at radius 2 is 1.54 bits per heavy atom. The molecule has 0 atom stereocenters. The first-order valence-electron chi connectivity index (χ1n) is 11.0.